The summed E-state index contributed by atoms with van der Waals surface area (Å²) in [4.78, 5) is 28.9. The molecule has 0 atom stereocenters. The summed E-state index contributed by atoms with van der Waals surface area (Å²) in [7, 11) is 0. The molecule has 84 valence electrons. The standard InChI is InChI=1S/2C4H6O.C3H5NO/c2*1-3-4(2)5;1-2-3(4)5/h2*3H,1H2,2H3;2H,1H2,(H2,4,5). The van der Waals surface area contributed by atoms with Gasteiger partial charge in [-0.1, -0.05) is 19.7 Å². The van der Waals surface area contributed by atoms with Gasteiger partial charge < -0.3 is 5.73 Å². The molecule has 4 heteroatoms. The number of nitrogens with two attached hydrogens (primary N) is 1. The molecule has 0 saturated carbocycles. The van der Waals surface area contributed by atoms with Crippen LogP contribution in [0.2, 0.25) is 0 Å². The zero-order chi connectivity index (χ0) is 12.9. The molecule has 0 aliphatic heterocycles. The van der Waals surface area contributed by atoms with Gasteiger partial charge in [-0.25, -0.2) is 0 Å². The molecule has 0 unspecified atom stereocenters. The van der Waals surface area contributed by atoms with Gasteiger partial charge in [0.15, 0.2) is 11.6 Å². The first-order chi connectivity index (χ1) is 6.81. The molecule has 0 fully saturated rings. The molecule has 0 radical (unpaired) electrons. The Labute approximate surface area is 90.2 Å². The molecule has 0 saturated heterocycles. The van der Waals surface area contributed by atoms with Crippen molar-refractivity contribution in [2.45, 2.75) is 13.8 Å². The van der Waals surface area contributed by atoms with E-state index in [1.54, 1.807) is 0 Å². The van der Waals surface area contributed by atoms with E-state index in [0.29, 0.717) is 0 Å². The first-order valence-corrected chi connectivity index (χ1v) is 3.99. The van der Waals surface area contributed by atoms with Gasteiger partial charge in [0, 0.05) is 0 Å². The number of carbonyl (C=O) groups excluding carboxylic acids is 3. The maximum atomic E-state index is 9.69. The van der Waals surface area contributed by atoms with Gasteiger partial charge in [0.25, 0.3) is 0 Å². The second-order valence-corrected chi connectivity index (χ2v) is 2.24. The first kappa shape index (κ1) is 18.7. The van der Waals surface area contributed by atoms with E-state index in [2.05, 4.69) is 25.5 Å². The molecular formula is C11H17NO3. The first-order valence-electron chi connectivity index (χ1n) is 3.99. The fourth-order valence-corrected chi connectivity index (χ4v) is 0. The van der Waals surface area contributed by atoms with E-state index in [1.807, 2.05) is 0 Å². The van der Waals surface area contributed by atoms with Crippen LogP contribution in [0.15, 0.2) is 38.0 Å². The molecule has 2 N–H and O–H groups in total. The Kier molecular flexibility index (Phi) is 18.2. The number of amides is 1. The lowest BCUT2D eigenvalue weighted by Crippen LogP contribution is -2.04. The Bertz CT molecular complexity index is 212. The third kappa shape index (κ3) is 74.5. The molecule has 15 heavy (non-hydrogen) atoms. The SMILES string of the molecule is C=CC(C)=O.C=CC(C)=O.C=CC(N)=O. The van der Waals surface area contributed by atoms with Gasteiger partial charge in [0.1, 0.15) is 0 Å². The Morgan fingerprint density at radius 1 is 0.867 bits per heavy atom. The van der Waals surface area contributed by atoms with E-state index in [9.17, 15) is 14.4 Å². The van der Waals surface area contributed by atoms with Crippen molar-refractivity contribution in [2.24, 2.45) is 5.73 Å². The lowest BCUT2D eigenvalue weighted by atomic mass is 10.5. The molecule has 0 aromatic rings. The molecule has 0 aliphatic rings. The third-order valence-corrected chi connectivity index (χ3v) is 0.776. The van der Waals surface area contributed by atoms with Gasteiger partial charge in [-0.2, -0.15) is 0 Å². The van der Waals surface area contributed by atoms with Crippen molar-refractivity contribution in [1.82, 2.24) is 0 Å². The summed E-state index contributed by atoms with van der Waals surface area (Å²) in [5, 5.41) is 0. The van der Waals surface area contributed by atoms with Crippen molar-refractivity contribution in [3.63, 3.8) is 0 Å². The van der Waals surface area contributed by atoms with E-state index >= 15 is 0 Å². The van der Waals surface area contributed by atoms with Crippen molar-refractivity contribution in [2.75, 3.05) is 0 Å². The molecule has 0 rings (SSSR count). The van der Waals surface area contributed by atoms with Crippen LogP contribution in [0.4, 0.5) is 0 Å². The van der Waals surface area contributed by atoms with Crippen molar-refractivity contribution in [1.29, 1.82) is 0 Å². The highest BCUT2D eigenvalue weighted by Gasteiger charge is 1.70. The lowest BCUT2D eigenvalue weighted by molar-refractivity contribution is -0.114. The predicted molar refractivity (Wildman–Crippen MR) is 61.1 cm³/mol. The van der Waals surface area contributed by atoms with Crippen LogP contribution >= 0.6 is 0 Å². The lowest BCUT2D eigenvalue weighted by Gasteiger charge is -1.65. The van der Waals surface area contributed by atoms with Crippen molar-refractivity contribution < 1.29 is 14.4 Å². The van der Waals surface area contributed by atoms with Crippen LogP contribution in [0.25, 0.3) is 0 Å². The smallest absolute Gasteiger partial charge is 0.240 e. The van der Waals surface area contributed by atoms with Gasteiger partial charge in [-0.3, -0.25) is 14.4 Å². The summed E-state index contributed by atoms with van der Waals surface area (Å²) in [5.74, 6) is -0.444. The van der Waals surface area contributed by atoms with Crippen LogP contribution in [0, 0.1) is 0 Å². The molecule has 0 aromatic carbocycles. The van der Waals surface area contributed by atoms with Crippen LogP contribution in [0.1, 0.15) is 13.8 Å². The fraction of sp³-hybridized carbons (Fsp3) is 0.182. The number of hydrogen-bond donors (Lipinski definition) is 1. The van der Waals surface area contributed by atoms with E-state index in [4.69, 9.17) is 0 Å². The summed E-state index contributed by atoms with van der Waals surface area (Å²) in [6, 6.07) is 0. The number of rotatable bonds is 3. The van der Waals surface area contributed by atoms with Crippen LogP contribution in [-0.4, -0.2) is 17.5 Å². The minimum atomic E-state index is -0.481. The van der Waals surface area contributed by atoms with E-state index in [0.717, 1.165) is 6.08 Å². The van der Waals surface area contributed by atoms with Gasteiger partial charge >= 0.3 is 0 Å². The molecule has 0 spiro atoms. The van der Waals surface area contributed by atoms with Crippen molar-refractivity contribution >= 4 is 17.5 Å². The maximum Gasteiger partial charge on any atom is 0.240 e. The number of hydrogen-bond acceptors (Lipinski definition) is 3. The monoisotopic (exact) mass is 211 g/mol. The van der Waals surface area contributed by atoms with Gasteiger partial charge in [-0.05, 0) is 32.1 Å². The average Bonchev–Trinajstić information content (AvgIpc) is 2.19. The summed E-state index contributed by atoms with van der Waals surface area (Å²) in [6.07, 6.45) is 3.61. The maximum absolute atomic E-state index is 9.69. The fourth-order valence-electron chi connectivity index (χ4n) is 0. The second-order valence-electron chi connectivity index (χ2n) is 2.24. The predicted octanol–water partition coefficient (Wildman–Crippen LogP) is 1.18. The number of ketones is 2. The summed E-state index contributed by atoms with van der Waals surface area (Å²) in [5.41, 5.74) is 4.53. The normalized spacial score (nSPS) is 6.53. The molecule has 4 nitrogen and oxygen atoms in total. The Morgan fingerprint density at radius 3 is 1.00 bits per heavy atom. The number of allylic oxidation sites excluding steroid dienone is 2. The molecule has 0 aromatic heterocycles. The average molecular weight is 211 g/mol. The summed E-state index contributed by atoms with van der Waals surface area (Å²) < 4.78 is 0. The van der Waals surface area contributed by atoms with E-state index in [1.165, 1.54) is 26.0 Å². The van der Waals surface area contributed by atoms with E-state index in [-0.39, 0.29) is 11.6 Å². The zero-order valence-electron chi connectivity index (χ0n) is 9.16. The molecule has 0 bridgehead atoms. The summed E-state index contributed by atoms with van der Waals surface area (Å²) >= 11 is 0. The van der Waals surface area contributed by atoms with Crippen molar-refractivity contribution in [3.05, 3.63) is 38.0 Å². The Balaban J connectivity index is -0.000000144. The zero-order valence-corrected chi connectivity index (χ0v) is 9.16. The minimum Gasteiger partial charge on any atom is -0.366 e. The highest BCUT2D eigenvalue weighted by Crippen LogP contribution is 1.61. The second kappa shape index (κ2) is 14.5. The molecular weight excluding hydrogens is 194 g/mol. The van der Waals surface area contributed by atoms with Crippen molar-refractivity contribution in [3.8, 4) is 0 Å². The Morgan fingerprint density at radius 2 is 1.00 bits per heavy atom. The van der Waals surface area contributed by atoms with Crippen LogP contribution in [0.3, 0.4) is 0 Å². The summed E-state index contributed by atoms with van der Waals surface area (Å²) in [6.45, 7) is 12.4. The quantitative estimate of drug-likeness (QED) is 0.712. The third-order valence-electron chi connectivity index (χ3n) is 0.776. The highest BCUT2D eigenvalue weighted by molar-refractivity contribution is 5.86. The van der Waals surface area contributed by atoms with E-state index < -0.39 is 5.91 Å². The highest BCUT2D eigenvalue weighted by atomic mass is 16.1. The minimum absolute atomic E-state index is 0.0185. The number of primary amides is 1. The van der Waals surface area contributed by atoms with Crippen LogP contribution < -0.4 is 5.73 Å². The Hall–Kier alpha value is -1.97. The van der Waals surface area contributed by atoms with Gasteiger partial charge in [0.2, 0.25) is 5.91 Å². The van der Waals surface area contributed by atoms with Crippen LogP contribution in [-0.2, 0) is 14.4 Å². The van der Waals surface area contributed by atoms with Crippen LogP contribution in [0.5, 0.6) is 0 Å². The topological polar surface area (TPSA) is 77.2 Å². The molecule has 0 heterocycles. The number of carbonyl (C=O) groups is 3. The van der Waals surface area contributed by atoms with Gasteiger partial charge in [-0.15, -0.1) is 0 Å². The van der Waals surface area contributed by atoms with Gasteiger partial charge in [0.05, 0.1) is 0 Å². The largest absolute Gasteiger partial charge is 0.366 e. The molecule has 0 aliphatic carbocycles. The molecule has 1 amide bonds.